The number of ether oxygens (including phenoxy) is 3. The van der Waals surface area contributed by atoms with E-state index in [4.69, 9.17) is 19.9 Å². The van der Waals surface area contributed by atoms with E-state index in [1.807, 2.05) is 0 Å². The molecule has 27 heavy (non-hydrogen) atoms. The molecule has 0 aromatic carbocycles. The summed E-state index contributed by atoms with van der Waals surface area (Å²) in [5.41, 5.74) is 4.69. The van der Waals surface area contributed by atoms with E-state index in [-0.39, 0.29) is 38.3 Å². The number of hydrogen-bond donors (Lipinski definition) is 2. The fourth-order valence-corrected chi connectivity index (χ4v) is 2.30. The monoisotopic (exact) mass is 381 g/mol. The molecule has 1 aromatic rings. The summed E-state index contributed by atoms with van der Waals surface area (Å²) in [5, 5.41) is 2.59. The molecule has 9 heteroatoms. The maximum atomic E-state index is 12.6. The third-order valence-corrected chi connectivity index (χ3v) is 3.60. The number of hydrogen-bond acceptors (Lipinski definition) is 8. The summed E-state index contributed by atoms with van der Waals surface area (Å²) in [6, 6.07) is 3.14. The minimum Gasteiger partial charge on any atom is -0.464 e. The predicted octanol–water partition coefficient (Wildman–Crippen LogP) is 0.288. The Bertz CT molecular complexity index is 621. The van der Waals surface area contributed by atoms with Gasteiger partial charge in [0.25, 0.3) is 5.91 Å². The summed E-state index contributed by atoms with van der Waals surface area (Å²) in [7, 11) is 1.49. The van der Waals surface area contributed by atoms with Crippen LogP contribution in [0.3, 0.4) is 0 Å². The molecule has 3 N–H and O–H groups in total. The van der Waals surface area contributed by atoms with E-state index in [0.717, 1.165) is 0 Å². The summed E-state index contributed by atoms with van der Waals surface area (Å²) >= 11 is 0. The number of rotatable bonds is 11. The minimum atomic E-state index is -1.12. The number of carbonyl (C=O) groups is 3. The first-order chi connectivity index (χ1) is 12.8. The highest BCUT2D eigenvalue weighted by Crippen LogP contribution is 2.25. The van der Waals surface area contributed by atoms with E-state index in [1.165, 1.54) is 19.5 Å². The van der Waals surface area contributed by atoms with Crippen molar-refractivity contribution in [1.82, 2.24) is 10.3 Å². The smallest absolute Gasteiger partial charge is 0.340 e. The fourth-order valence-electron chi connectivity index (χ4n) is 2.30. The molecule has 1 rings (SSSR count). The highest BCUT2D eigenvalue weighted by Gasteiger charge is 2.39. The topological polar surface area (TPSA) is 130 Å². The van der Waals surface area contributed by atoms with Crippen molar-refractivity contribution in [2.75, 3.05) is 33.4 Å². The summed E-state index contributed by atoms with van der Waals surface area (Å²) < 4.78 is 15.4. The lowest BCUT2D eigenvalue weighted by atomic mass is 9.86. The highest BCUT2D eigenvalue weighted by molar-refractivity contribution is 5.92. The Hall–Kier alpha value is -2.52. The lowest BCUT2D eigenvalue weighted by Crippen LogP contribution is -2.49. The van der Waals surface area contributed by atoms with Gasteiger partial charge in [-0.3, -0.25) is 14.6 Å². The van der Waals surface area contributed by atoms with Crippen LogP contribution in [0.25, 0.3) is 0 Å². The number of esters is 2. The summed E-state index contributed by atoms with van der Waals surface area (Å²) in [6.45, 7) is 4.07. The average Bonchev–Trinajstić information content (AvgIpc) is 2.64. The number of nitrogens with one attached hydrogen (secondary N) is 1. The lowest BCUT2D eigenvalue weighted by molar-refractivity contribution is -0.143. The number of methoxy groups -OCH3 is 1. The molecule has 150 valence electrons. The van der Waals surface area contributed by atoms with E-state index >= 15 is 0 Å². The molecule has 1 atom stereocenters. The molecule has 1 amide bonds. The third kappa shape index (κ3) is 7.71. The van der Waals surface area contributed by atoms with Crippen molar-refractivity contribution < 1.29 is 28.6 Å². The van der Waals surface area contributed by atoms with Crippen LogP contribution in [0.2, 0.25) is 0 Å². The van der Waals surface area contributed by atoms with Crippen molar-refractivity contribution in [1.29, 1.82) is 0 Å². The second-order valence-corrected chi connectivity index (χ2v) is 6.50. The van der Waals surface area contributed by atoms with Crippen molar-refractivity contribution in [3.63, 3.8) is 0 Å². The number of amides is 1. The maximum Gasteiger partial charge on any atom is 0.340 e. The largest absolute Gasteiger partial charge is 0.464 e. The third-order valence-electron chi connectivity index (χ3n) is 3.60. The summed E-state index contributed by atoms with van der Waals surface area (Å²) in [5.74, 6) is -1.67. The Morgan fingerprint density at radius 1 is 1.33 bits per heavy atom. The quantitative estimate of drug-likeness (QED) is 0.523. The van der Waals surface area contributed by atoms with Crippen LogP contribution in [0.15, 0.2) is 24.5 Å². The Balaban J connectivity index is 2.75. The molecule has 0 aliphatic heterocycles. The molecule has 0 radical (unpaired) electrons. The summed E-state index contributed by atoms with van der Waals surface area (Å²) in [6.07, 6.45) is 1.75. The molecule has 0 saturated heterocycles. The van der Waals surface area contributed by atoms with Gasteiger partial charge in [-0.05, 0) is 12.1 Å². The first-order valence-electron chi connectivity index (χ1n) is 8.55. The van der Waals surface area contributed by atoms with Crippen LogP contribution < -0.4 is 11.1 Å². The second-order valence-electron chi connectivity index (χ2n) is 6.50. The Morgan fingerprint density at radius 2 is 2.07 bits per heavy atom. The predicted molar refractivity (Wildman–Crippen MR) is 96.7 cm³/mol. The Labute approximate surface area is 158 Å². The molecule has 0 unspecified atom stereocenters. The van der Waals surface area contributed by atoms with Crippen molar-refractivity contribution in [2.45, 2.75) is 26.4 Å². The van der Waals surface area contributed by atoms with Gasteiger partial charge < -0.3 is 25.3 Å². The van der Waals surface area contributed by atoms with Gasteiger partial charge in [-0.25, -0.2) is 4.79 Å². The standard InChI is InChI=1S/C18H27N3O6/c1-18(2,12-25-3)15(27-17(24)13-5-4-8-20-11-13)16(23)21-9-6-14(22)26-10-7-19/h4-5,8,11,15H,6-7,9-10,12,19H2,1-3H3,(H,21,23)/t15-/m0/s1. The molecular formula is C18H27N3O6. The molecule has 0 fully saturated rings. The molecule has 9 nitrogen and oxygen atoms in total. The lowest BCUT2D eigenvalue weighted by Gasteiger charge is -2.32. The molecule has 1 heterocycles. The molecule has 1 aromatic heterocycles. The van der Waals surface area contributed by atoms with Crippen molar-refractivity contribution in [3.05, 3.63) is 30.1 Å². The number of nitrogens with two attached hydrogens (primary N) is 1. The maximum absolute atomic E-state index is 12.6. The molecule has 0 bridgehead atoms. The normalized spacial score (nSPS) is 12.1. The van der Waals surface area contributed by atoms with Crippen LogP contribution in [-0.2, 0) is 23.8 Å². The first-order valence-corrected chi connectivity index (χ1v) is 8.55. The Kier molecular flexibility index (Phi) is 9.38. The van der Waals surface area contributed by atoms with Crippen LogP contribution in [0.5, 0.6) is 0 Å². The van der Waals surface area contributed by atoms with Crippen LogP contribution in [0.4, 0.5) is 0 Å². The van der Waals surface area contributed by atoms with Crippen LogP contribution in [0.1, 0.15) is 30.6 Å². The molecule has 0 spiro atoms. The summed E-state index contributed by atoms with van der Waals surface area (Å²) in [4.78, 5) is 40.3. The van der Waals surface area contributed by atoms with Gasteiger partial charge in [-0.2, -0.15) is 0 Å². The van der Waals surface area contributed by atoms with Gasteiger partial charge in [-0.1, -0.05) is 13.8 Å². The SMILES string of the molecule is COCC(C)(C)[C@@H](OC(=O)c1cccnc1)C(=O)NCCC(=O)OCCN. The zero-order valence-corrected chi connectivity index (χ0v) is 15.9. The van der Waals surface area contributed by atoms with Gasteiger partial charge in [0.15, 0.2) is 6.10 Å². The highest BCUT2D eigenvalue weighted by atomic mass is 16.6. The van der Waals surface area contributed by atoms with E-state index in [2.05, 4.69) is 10.3 Å². The molecular weight excluding hydrogens is 354 g/mol. The van der Waals surface area contributed by atoms with E-state index in [1.54, 1.807) is 26.0 Å². The van der Waals surface area contributed by atoms with Gasteiger partial charge in [0.05, 0.1) is 18.6 Å². The zero-order valence-electron chi connectivity index (χ0n) is 15.9. The van der Waals surface area contributed by atoms with Gasteiger partial charge in [-0.15, -0.1) is 0 Å². The Morgan fingerprint density at radius 3 is 2.67 bits per heavy atom. The number of pyridine rings is 1. The van der Waals surface area contributed by atoms with E-state index < -0.39 is 29.4 Å². The number of nitrogens with zero attached hydrogens (tertiary/aromatic N) is 1. The number of aromatic nitrogens is 1. The fraction of sp³-hybridized carbons (Fsp3) is 0.556. The first kappa shape index (κ1) is 22.5. The van der Waals surface area contributed by atoms with Gasteiger partial charge >= 0.3 is 11.9 Å². The van der Waals surface area contributed by atoms with Gasteiger partial charge in [0.1, 0.15) is 6.61 Å². The van der Waals surface area contributed by atoms with Crippen LogP contribution in [-0.4, -0.2) is 62.3 Å². The molecule has 0 saturated carbocycles. The molecule has 0 aliphatic rings. The van der Waals surface area contributed by atoms with Gasteiger partial charge in [0.2, 0.25) is 0 Å². The van der Waals surface area contributed by atoms with Gasteiger partial charge in [0, 0.05) is 38.0 Å². The van der Waals surface area contributed by atoms with Crippen molar-refractivity contribution >= 4 is 17.8 Å². The second kappa shape index (κ2) is 11.2. The zero-order chi connectivity index (χ0) is 20.3. The van der Waals surface area contributed by atoms with E-state index in [0.29, 0.717) is 0 Å². The van der Waals surface area contributed by atoms with Crippen LogP contribution >= 0.6 is 0 Å². The average molecular weight is 381 g/mol. The van der Waals surface area contributed by atoms with Crippen molar-refractivity contribution in [3.8, 4) is 0 Å². The van der Waals surface area contributed by atoms with Crippen LogP contribution in [0, 0.1) is 5.41 Å². The minimum absolute atomic E-state index is 0.0142. The van der Waals surface area contributed by atoms with Crippen molar-refractivity contribution in [2.24, 2.45) is 11.1 Å². The van der Waals surface area contributed by atoms with E-state index in [9.17, 15) is 14.4 Å². The number of carbonyl (C=O) groups excluding carboxylic acids is 3. The molecule has 0 aliphatic carbocycles.